The molecule has 94 valence electrons. The lowest BCUT2D eigenvalue weighted by molar-refractivity contribution is -0.191. The monoisotopic (exact) mass is 238 g/mol. The molecule has 1 aliphatic rings. The number of hydrogen-bond donors (Lipinski definition) is 1. The van der Waals surface area contributed by atoms with Gasteiger partial charge in [-0.15, -0.1) is 0 Å². The van der Waals surface area contributed by atoms with Crippen LogP contribution in [0.5, 0.6) is 0 Å². The van der Waals surface area contributed by atoms with Crippen molar-refractivity contribution in [1.82, 2.24) is 4.90 Å². The average molecular weight is 238 g/mol. The second-order valence-corrected chi connectivity index (χ2v) is 4.19. The van der Waals surface area contributed by atoms with Gasteiger partial charge < -0.3 is 10.6 Å². The molecule has 0 bridgehead atoms. The summed E-state index contributed by atoms with van der Waals surface area (Å²) in [6.45, 7) is 2.04. The summed E-state index contributed by atoms with van der Waals surface area (Å²) in [5.41, 5.74) is 5.48. The number of amides is 1. The smallest absolute Gasteiger partial charge is 0.341 e. The summed E-state index contributed by atoms with van der Waals surface area (Å²) in [5.74, 6) is -1.57. The largest absolute Gasteiger partial charge is 0.393 e. The van der Waals surface area contributed by atoms with Gasteiger partial charge in [0.2, 0.25) is 5.91 Å². The topological polar surface area (TPSA) is 46.3 Å². The zero-order chi connectivity index (χ0) is 12.3. The van der Waals surface area contributed by atoms with Crippen LogP contribution < -0.4 is 5.73 Å². The van der Waals surface area contributed by atoms with Gasteiger partial charge in [-0.3, -0.25) is 4.79 Å². The maximum atomic E-state index is 12.5. The average Bonchev–Trinajstić information content (AvgIpc) is 2.16. The van der Waals surface area contributed by atoms with Gasteiger partial charge in [-0.05, 0) is 12.8 Å². The lowest BCUT2D eigenvalue weighted by Crippen LogP contribution is -2.54. The number of piperidine rings is 1. The molecule has 1 rings (SSSR count). The molecule has 3 nitrogen and oxygen atoms in total. The van der Waals surface area contributed by atoms with Crippen LogP contribution in [0.3, 0.4) is 0 Å². The Kier molecular flexibility index (Phi) is 4.18. The van der Waals surface area contributed by atoms with Gasteiger partial charge in [-0.25, -0.2) is 0 Å². The highest BCUT2D eigenvalue weighted by molar-refractivity contribution is 5.76. The molecule has 1 saturated heterocycles. The van der Waals surface area contributed by atoms with E-state index in [0.29, 0.717) is 12.8 Å². The van der Waals surface area contributed by atoms with Gasteiger partial charge >= 0.3 is 6.18 Å². The number of halogens is 3. The first-order chi connectivity index (χ1) is 7.36. The Bertz CT molecular complexity index is 255. The molecule has 6 heteroatoms. The van der Waals surface area contributed by atoms with Crippen LogP contribution in [0.15, 0.2) is 0 Å². The Labute approximate surface area is 92.8 Å². The van der Waals surface area contributed by atoms with Crippen LogP contribution in [0.4, 0.5) is 13.2 Å². The number of likely N-dealkylation sites (tertiary alicyclic amines) is 1. The van der Waals surface area contributed by atoms with Crippen molar-refractivity contribution in [1.29, 1.82) is 0 Å². The van der Waals surface area contributed by atoms with Gasteiger partial charge in [-0.1, -0.05) is 6.92 Å². The second kappa shape index (κ2) is 5.03. The first-order valence-electron chi connectivity index (χ1n) is 5.46. The Morgan fingerprint density at radius 2 is 2.12 bits per heavy atom. The molecule has 2 unspecified atom stereocenters. The minimum Gasteiger partial charge on any atom is -0.341 e. The molecule has 2 atom stereocenters. The van der Waals surface area contributed by atoms with E-state index in [-0.39, 0.29) is 25.4 Å². The molecule has 1 aliphatic heterocycles. The van der Waals surface area contributed by atoms with Crippen molar-refractivity contribution in [3.05, 3.63) is 0 Å². The summed E-state index contributed by atoms with van der Waals surface area (Å²) in [7, 11) is 0. The van der Waals surface area contributed by atoms with E-state index < -0.39 is 18.1 Å². The van der Waals surface area contributed by atoms with E-state index in [9.17, 15) is 18.0 Å². The predicted octanol–water partition coefficient (Wildman–Crippen LogP) is 1.52. The van der Waals surface area contributed by atoms with E-state index in [0.717, 1.165) is 0 Å². The van der Waals surface area contributed by atoms with Crippen molar-refractivity contribution < 1.29 is 18.0 Å². The van der Waals surface area contributed by atoms with Crippen molar-refractivity contribution in [2.24, 2.45) is 11.7 Å². The summed E-state index contributed by atoms with van der Waals surface area (Å²) in [6, 6.07) is -0.991. The molecule has 0 aromatic carbocycles. The van der Waals surface area contributed by atoms with E-state index in [1.807, 2.05) is 6.92 Å². The third kappa shape index (κ3) is 3.10. The molecule has 0 radical (unpaired) electrons. The standard InChI is InChI=1S/C10H17F3N2O/c1-2-3-9(16)15-5-4-7(8(14)6-15)10(11,12)13/h7-8H,2-6,14H2,1H3. The summed E-state index contributed by atoms with van der Waals surface area (Å²) in [4.78, 5) is 12.9. The van der Waals surface area contributed by atoms with Crippen LogP contribution in [-0.2, 0) is 4.79 Å². The minimum absolute atomic E-state index is 0.0169. The number of carbonyl (C=O) groups is 1. The van der Waals surface area contributed by atoms with Gasteiger partial charge in [0.05, 0.1) is 5.92 Å². The van der Waals surface area contributed by atoms with Crippen LogP contribution in [0, 0.1) is 5.92 Å². The number of alkyl halides is 3. The highest BCUT2D eigenvalue weighted by Crippen LogP contribution is 2.33. The number of nitrogens with zero attached hydrogens (tertiary/aromatic N) is 1. The first kappa shape index (κ1) is 13.3. The molecule has 0 aromatic rings. The zero-order valence-corrected chi connectivity index (χ0v) is 9.26. The highest BCUT2D eigenvalue weighted by Gasteiger charge is 2.46. The van der Waals surface area contributed by atoms with E-state index in [4.69, 9.17) is 5.73 Å². The SMILES string of the molecule is CCCC(=O)N1CCC(C(F)(F)F)C(N)C1. The lowest BCUT2D eigenvalue weighted by atomic mass is 9.91. The van der Waals surface area contributed by atoms with Crippen molar-refractivity contribution in [3.8, 4) is 0 Å². The Hall–Kier alpha value is -0.780. The molecular weight excluding hydrogens is 221 g/mol. The van der Waals surface area contributed by atoms with Crippen LogP contribution in [0.2, 0.25) is 0 Å². The van der Waals surface area contributed by atoms with Gasteiger partial charge in [0.15, 0.2) is 0 Å². The van der Waals surface area contributed by atoms with Crippen molar-refractivity contribution >= 4 is 5.91 Å². The summed E-state index contributed by atoms with van der Waals surface area (Å²) in [5, 5.41) is 0. The number of carbonyl (C=O) groups excluding carboxylic acids is 1. The summed E-state index contributed by atoms with van der Waals surface area (Å²) >= 11 is 0. The highest BCUT2D eigenvalue weighted by atomic mass is 19.4. The van der Waals surface area contributed by atoms with Crippen LogP contribution in [-0.4, -0.2) is 36.1 Å². The van der Waals surface area contributed by atoms with Crippen LogP contribution >= 0.6 is 0 Å². The van der Waals surface area contributed by atoms with Gasteiger partial charge in [0.1, 0.15) is 0 Å². The van der Waals surface area contributed by atoms with Crippen molar-refractivity contribution in [3.63, 3.8) is 0 Å². The molecule has 1 amide bonds. The Morgan fingerprint density at radius 1 is 1.50 bits per heavy atom. The van der Waals surface area contributed by atoms with Gasteiger partial charge in [0, 0.05) is 25.6 Å². The molecule has 1 heterocycles. The van der Waals surface area contributed by atoms with E-state index in [1.165, 1.54) is 4.90 Å². The van der Waals surface area contributed by atoms with Crippen molar-refractivity contribution in [2.45, 2.75) is 38.4 Å². The second-order valence-electron chi connectivity index (χ2n) is 4.19. The molecule has 0 aliphatic carbocycles. The van der Waals surface area contributed by atoms with Gasteiger partial charge in [0.25, 0.3) is 0 Å². The number of hydrogen-bond acceptors (Lipinski definition) is 2. The molecule has 16 heavy (non-hydrogen) atoms. The number of nitrogens with two attached hydrogens (primary N) is 1. The fourth-order valence-corrected chi connectivity index (χ4v) is 1.99. The van der Waals surface area contributed by atoms with E-state index >= 15 is 0 Å². The van der Waals surface area contributed by atoms with E-state index in [2.05, 4.69) is 0 Å². The maximum absolute atomic E-state index is 12.5. The lowest BCUT2D eigenvalue weighted by Gasteiger charge is -2.37. The third-order valence-corrected chi connectivity index (χ3v) is 2.90. The predicted molar refractivity (Wildman–Crippen MR) is 53.6 cm³/mol. The maximum Gasteiger partial charge on any atom is 0.393 e. The molecular formula is C10H17F3N2O. The zero-order valence-electron chi connectivity index (χ0n) is 9.26. The number of rotatable bonds is 2. The first-order valence-corrected chi connectivity index (χ1v) is 5.46. The fraction of sp³-hybridized carbons (Fsp3) is 0.900. The fourth-order valence-electron chi connectivity index (χ4n) is 1.99. The summed E-state index contributed by atoms with van der Waals surface area (Å²) in [6.07, 6.45) is -3.25. The molecule has 2 N–H and O–H groups in total. The molecule has 1 fully saturated rings. The normalized spacial score (nSPS) is 26.9. The molecule has 0 spiro atoms. The van der Waals surface area contributed by atoms with Gasteiger partial charge in [-0.2, -0.15) is 13.2 Å². The Morgan fingerprint density at radius 3 is 2.56 bits per heavy atom. The third-order valence-electron chi connectivity index (χ3n) is 2.90. The molecule has 0 saturated carbocycles. The van der Waals surface area contributed by atoms with E-state index in [1.54, 1.807) is 0 Å². The van der Waals surface area contributed by atoms with Crippen LogP contribution in [0.25, 0.3) is 0 Å². The van der Waals surface area contributed by atoms with Crippen molar-refractivity contribution in [2.75, 3.05) is 13.1 Å². The molecule has 0 aromatic heterocycles. The minimum atomic E-state index is -4.25. The van der Waals surface area contributed by atoms with Crippen LogP contribution in [0.1, 0.15) is 26.2 Å². The Balaban J connectivity index is 2.55. The quantitative estimate of drug-likeness (QED) is 0.793. The summed E-state index contributed by atoms with van der Waals surface area (Å²) < 4.78 is 37.5.